The normalized spacial score (nSPS) is 21.8. The SMILES string of the molecule is CP(=O)(O)C1=C=CC=C1. The van der Waals surface area contributed by atoms with E-state index < -0.39 is 7.37 Å². The molecule has 0 saturated heterocycles. The summed E-state index contributed by atoms with van der Waals surface area (Å²) in [6, 6.07) is 0. The smallest absolute Gasteiger partial charge is 0.234 e. The highest BCUT2D eigenvalue weighted by atomic mass is 31.2. The molecule has 2 nitrogen and oxygen atoms in total. The Labute approximate surface area is 53.7 Å². The first kappa shape index (κ1) is 6.57. The lowest BCUT2D eigenvalue weighted by Gasteiger charge is -1.99. The maximum atomic E-state index is 10.8. The van der Waals surface area contributed by atoms with Crippen molar-refractivity contribution in [2.45, 2.75) is 0 Å². The van der Waals surface area contributed by atoms with Crippen LogP contribution in [0.15, 0.2) is 29.3 Å². The largest absolute Gasteiger partial charge is 0.341 e. The van der Waals surface area contributed by atoms with E-state index in [9.17, 15) is 4.57 Å². The number of rotatable bonds is 1. The van der Waals surface area contributed by atoms with Gasteiger partial charge in [0, 0.05) is 6.66 Å². The molecule has 0 bridgehead atoms. The summed E-state index contributed by atoms with van der Waals surface area (Å²) >= 11 is 0. The van der Waals surface area contributed by atoms with Gasteiger partial charge in [-0.15, -0.1) is 5.73 Å². The molecule has 1 unspecified atom stereocenters. The first-order valence-corrected chi connectivity index (χ1v) is 4.65. The van der Waals surface area contributed by atoms with E-state index in [1.807, 2.05) is 0 Å². The Balaban J connectivity index is 3.02. The van der Waals surface area contributed by atoms with Crippen molar-refractivity contribution >= 4 is 7.37 Å². The zero-order valence-corrected chi connectivity index (χ0v) is 5.93. The van der Waals surface area contributed by atoms with E-state index in [1.165, 1.54) is 6.66 Å². The van der Waals surface area contributed by atoms with Gasteiger partial charge in [-0.3, -0.25) is 4.57 Å². The van der Waals surface area contributed by atoms with Gasteiger partial charge in [0.1, 0.15) is 0 Å². The molecule has 9 heavy (non-hydrogen) atoms. The van der Waals surface area contributed by atoms with Crippen LogP contribution in [0.5, 0.6) is 0 Å². The van der Waals surface area contributed by atoms with Crippen molar-refractivity contribution < 1.29 is 9.46 Å². The number of hydrogen-bond acceptors (Lipinski definition) is 1. The topological polar surface area (TPSA) is 37.3 Å². The monoisotopic (exact) mass is 142 g/mol. The average molecular weight is 142 g/mol. The highest BCUT2D eigenvalue weighted by Gasteiger charge is 2.14. The molecule has 0 saturated carbocycles. The molecule has 0 aliphatic heterocycles. The Morgan fingerprint density at radius 3 is 2.67 bits per heavy atom. The molecular formula is C6H7O2P. The molecule has 0 aromatic carbocycles. The molecular weight excluding hydrogens is 135 g/mol. The number of allylic oxidation sites excluding steroid dienone is 3. The molecule has 1 aliphatic rings. The van der Waals surface area contributed by atoms with Gasteiger partial charge in [-0.1, -0.05) is 6.08 Å². The summed E-state index contributed by atoms with van der Waals surface area (Å²) < 4.78 is 10.8. The van der Waals surface area contributed by atoms with Crippen molar-refractivity contribution in [2.75, 3.05) is 6.66 Å². The van der Waals surface area contributed by atoms with E-state index >= 15 is 0 Å². The second-order valence-electron chi connectivity index (χ2n) is 1.93. The van der Waals surface area contributed by atoms with Crippen molar-refractivity contribution in [2.24, 2.45) is 0 Å². The van der Waals surface area contributed by atoms with Crippen LogP contribution in [0.3, 0.4) is 0 Å². The van der Waals surface area contributed by atoms with Gasteiger partial charge in [0.05, 0.1) is 5.31 Å². The maximum Gasteiger partial charge on any atom is 0.234 e. The highest BCUT2D eigenvalue weighted by molar-refractivity contribution is 7.61. The lowest BCUT2D eigenvalue weighted by Crippen LogP contribution is -1.75. The number of hydrogen-bond donors (Lipinski definition) is 1. The fraction of sp³-hybridized carbons (Fsp3) is 0.167. The van der Waals surface area contributed by atoms with E-state index in [2.05, 4.69) is 5.73 Å². The summed E-state index contributed by atoms with van der Waals surface area (Å²) in [5.41, 5.74) is 2.66. The van der Waals surface area contributed by atoms with E-state index in [0.717, 1.165) is 0 Å². The summed E-state index contributed by atoms with van der Waals surface area (Å²) in [7, 11) is -3.03. The second-order valence-corrected chi connectivity index (χ2v) is 4.17. The molecule has 0 radical (unpaired) electrons. The van der Waals surface area contributed by atoms with Gasteiger partial charge in [0.25, 0.3) is 0 Å². The van der Waals surface area contributed by atoms with E-state index in [1.54, 1.807) is 18.2 Å². The standard InChI is InChI=1S/C6H7O2P/c1-9(7,8)6-4-2-3-5-6/h2-4H,1H3,(H,7,8). The minimum atomic E-state index is -3.03. The third-order valence-corrected chi connectivity index (χ3v) is 2.20. The summed E-state index contributed by atoms with van der Waals surface area (Å²) in [4.78, 5) is 8.90. The molecule has 0 fully saturated rings. The quantitative estimate of drug-likeness (QED) is 0.445. The van der Waals surface area contributed by atoms with E-state index in [-0.39, 0.29) is 0 Å². The first-order chi connectivity index (χ1) is 4.11. The maximum absolute atomic E-state index is 10.8. The first-order valence-electron chi connectivity index (χ1n) is 2.55. The van der Waals surface area contributed by atoms with Gasteiger partial charge in [-0.05, 0) is 12.2 Å². The minimum absolute atomic E-state index is 0.405. The van der Waals surface area contributed by atoms with Gasteiger partial charge < -0.3 is 4.89 Å². The van der Waals surface area contributed by atoms with Gasteiger partial charge in [-0.25, -0.2) is 0 Å². The summed E-state index contributed by atoms with van der Waals surface area (Å²) in [6.07, 6.45) is 4.92. The second kappa shape index (κ2) is 2.00. The predicted octanol–water partition coefficient (Wildman–Crippen LogP) is 1.50. The zero-order chi connectivity index (χ0) is 6.91. The molecule has 1 atom stereocenters. The molecule has 1 rings (SSSR count). The summed E-state index contributed by atoms with van der Waals surface area (Å²) in [5.74, 6) is 0. The average Bonchev–Trinajstić information content (AvgIpc) is 2.08. The summed E-state index contributed by atoms with van der Waals surface area (Å²) in [6.45, 7) is 1.30. The molecule has 0 aromatic rings. The van der Waals surface area contributed by atoms with Gasteiger partial charge in [-0.2, -0.15) is 0 Å². The molecule has 0 aromatic heterocycles. The minimum Gasteiger partial charge on any atom is -0.341 e. The van der Waals surface area contributed by atoms with Crippen LogP contribution in [0.2, 0.25) is 0 Å². The fourth-order valence-corrected chi connectivity index (χ4v) is 1.26. The third kappa shape index (κ3) is 1.43. The molecule has 1 N–H and O–H groups in total. The predicted molar refractivity (Wildman–Crippen MR) is 36.5 cm³/mol. The van der Waals surface area contributed by atoms with Crippen LogP contribution in [0.4, 0.5) is 0 Å². The fourth-order valence-electron chi connectivity index (χ4n) is 0.579. The van der Waals surface area contributed by atoms with E-state index in [0.29, 0.717) is 5.31 Å². The summed E-state index contributed by atoms with van der Waals surface area (Å²) in [5, 5.41) is 0.405. The van der Waals surface area contributed by atoms with Crippen molar-refractivity contribution in [3.8, 4) is 0 Å². The Kier molecular flexibility index (Phi) is 1.46. The lowest BCUT2D eigenvalue weighted by atomic mass is 10.6. The molecule has 0 spiro atoms. The van der Waals surface area contributed by atoms with Crippen LogP contribution in [0.25, 0.3) is 0 Å². The lowest BCUT2D eigenvalue weighted by molar-refractivity contribution is 0.493. The van der Waals surface area contributed by atoms with Crippen LogP contribution >= 0.6 is 7.37 Å². The molecule has 3 heteroatoms. The molecule has 0 heterocycles. The third-order valence-electron chi connectivity index (χ3n) is 1.03. The van der Waals surface area contributed by atoms with Crippen LogP contribution in [0.1, 0.15) is 0 Å². The van der Waals surface area contributed by atoms with Crippen molar-refractivity contribution in [3.05, 3.63) is 29.3 Å². The van der Waals surface area contributed by atoms with Crippen molar-refractivity contribution in [1.82, 2.24) is 0 Å². The van der Waals surface area contributed by atoms with Gasteiger partial charge >= 0.3 is 0 Å². The zero-order valence-electron chi connectivity index (χ0n) is 5.03. The molecule has 0 amide bonds. The van der Waals surface area contributed by atoms with Crippen LogP contribution in [0, 0.1) is 0 Å². The Bertz CT molecular complexity index is 250. The molecule has 48 valence electrons. The van der Waals surface area contributed by atoms with Crippen LogP contribution in [-0.2, 0) is 4.57 Å². The molecule has 1 aliphatic carbocycles. The Morgan fingerprint density at radius 1 is 1.78 bits per heavy atom. The van der Waals surface area contributed by atoms with Crippen molar-refractivity contribution in [3.63, 3.8) is 0 Å². The Hall–Kier alpha value is -0.550. The van der Waals surface area contributed by atoms with Gasteiger partial charge in [0.15, 0.2) is 0 Å². The van der Waals surface area contributed by atoms with Crippen LogP contribution in [-0.4, -0.2) is 11.6 Å². The van der Waals surface area contributed by atoms with E-state index in [4.69, 9.17) is 4.89 Å². The highest BCUT2D eigenvalue weighted by Crippen LogP contribution is 2.46. The van der Waals surface area contributed by atoms with Gasteiger partial charge in [0.2, 0.25) is 7.37 Å². The van der Waals surface area contributed by atoms with Crippen LogP contribution < -0.4 is 0 Å². The van der Waals surface area contributed by atoms with Crippen molar-refractivity contribution in [1.29, 1.82) is 0 Å². The Morgan fingerprint density at radius 2 is 2.44 bits per heavy atom.